The van der Waals surface area contributed by atoms with Crippen LogP contribution in [0.25, 0.3) is 11.3 Å². The van der Waals surface area contributed by atoms with E-state index in [-0.39, 0.29) is 23.9 Å². The zero-order valence-electron chi connectivity index (χ0n) is 15.6. The number of ether oxygens (including phenoxy) is 1. The number of amides is 1. The van der Waals surface area contributed by atoms with Crippen molar-refractivity contribution in [2.75, 3.05) is 0 Å². The van der Waals surface area contributed by atoms with Gasteiger partial charge in [0.05, 0.1) is 10.7 Å². The number of hydrogen-bond donors (Lipinski definition) is 2. The molecule has 0 atom stereocenters. The fourth-order valence-electron chi connectivity index (χ4n) is 3.40. The van der Waals surface area contributed by atoms with Crippen LogP contribution in [-0.2, 0) is 0 Å². The smallest absolute Gasteiger partial charge is 0.269 e. The SMILES string of the molecule is O=C(NC1CCC(Oc2ccc(Cl)cn2)CC1)c1cc(-c2ccc(F)cc2)n[nH]1. The molecular weight excluding hydrogens is 395 g/mol. The summed E-state index contributed by atoms with van der Waals surface area (Å²) < 4.78 is 18.9. The highest BCUT2D eigenvalue weighted by atomic mass is 35.5. The Kier molecular flexibility index (Phi) is 5.76. The van der Waals surface area contributed by atoms with Gasteiger partial charge in [-0.3, -0.25) is 9.89 Å². The average molecular weight is 415 g/mol. The van der Waals surface area contributed by atoms with Gasteiger partial charge in [-0.2, -0.15) is 5.10 Å². The van der Waals surface area contributed by atoms with E-state index in [1.807, 2.05) is 0 Å². The quantitative estimate of drug-likeness (QED) is 0.649. The third kappa shape index (κ3) is 4.92. The van der Waals surface area contributed by atoms with Crippen molar-refractivity contribution in [2.24, 2.45) is 0 Å². The lowest BCUT2D eigenvalue weighted by atomic mass is 9.93. The largest absolute Gasteiger partial charge is 0.474 e. The summed E-state index contributed by atoms with van der Waals surface area (Å²) >= 11 is 5.83. The number of nitrogens with zero attached hydrogens (tertiary/aromatic N) is 2. The van der Waals surface area contributed by atoms with Crippen LogP contribution in [-0.4, -0.2) is 33.2 Å². The van der Waals surface area contributed by atoms with E-state index in [2.05, 4.69) is 20.5 Å². The van der Waals surface area contributed by atoms with Gasteiger partial charge in [0, 0.05) is 23.9 Å². The zero-order chi connectivity index (χ0) is 20.2. The van der Waals surface area contributed by atoms with Crippen LogP contribution in [0.2, 0.25) is 5.02 Å². The standard InChI is InChI=1S/C21H20ClFN4O2/c22-14-3-10-20(24-12-14)29-17-8-6-16(7-9-17)25-21(28)19-11-18(26-27-19)13-1-4-15(23)5-2-13/h1-5,10-12,16-17H,6-9H2,(H,25,28)(H,26,27). The molecule has 150 valence electrons. The molecule has 2 aromatic heterocycles. The van der Waals surface area contributed by atoms with Gasteiger partial charge in [0.1, 0.15) is 17.6 Å². The number of halogens is 2. The molecule has 2 N–H and O–H groups in total. The van der Waals surface area contributed by atoms with E-state index in [4.69, 9.17) is 16.3 Å². The first kappa shape index (κ1) is 19.4. The summed E-state index contributed by atoms with van der Waals surface area (Å²) in [5.74, 6) is 0.0518. The molecule has 1 amide bonds. The van der Waals surface area contributed by atoms with Crippen LogP contribution in [0.1, 0.15) is 36.2 Å². The molecule has 8 heteroatoms. The molecule has 1 aliphatic carbocycles. The molecule has 29 heavy (non-hydrogen) atoms. The number of benzene rings is 1. The highest BCUT2D eigenvalue weighted by Gasteiger charge is 2.25. The molecule has 4 rings (SSSR count). The van der Waals surface area contributed by atoms with Gasteiger partial charge in [0.2, 0.25) is 5.88 Å². The molecule has 6 nitrogen and oxygen atoms in total. The van der Waals surface area contributed by atoms with Crippen LogP contribution in [0.3, 0.4) is 0 Å². The maximum atomic E-state index is 13.1. The minimum Gasteiger partial charge on any atom is -0.474 e. The Morgan fingerprint density at radius 1 is 1.14 bits per heavy atom. The van der Waals surface area contributed by atoms with Crippen LogP contribution in [0.5, 0.6) is 5.88 Å². The Morgan fingerprint density at radius 2 is 1.90 bits per heavy atom. The summed E-state index contributed by atoms with van der Waals surface area (Å²) in [5.41, 5.74) is 1.73. The molecule has 1 fully saturated rings. The van der Waals surface area contributed by atoms with Gasteiger partial charge >= 0.3 is 0 Å². The van der Waals surface area contributed by atoms with Gasteiger partial charge < -0.3 is 10.1 Å². The molecule has 1 saturated carbocycles. The number of carbonyl (C=O) groups is 1. The average Bonchev–Trinajstić information content (AvgIpc) is 3.22. The number of rotatable bonds is 5. The molecule has 0 saturated heterocycles. The van der Waals surface area contributed by atoms with Crippen LogP contribution in [0, 0.1) is 5.82 Å². The predicted octanol–water partition coefficient (Wildman–Crippen LogP) is 4.38. The molecule has 2 heterocycles. The van der Waals surface area contributed by atoms with Gasteiger partial charge in [-0.25, -0.2) is 9.37 Å². The summed E-state index contributed by atoms with van der Waals surface area (Å²) in [7, 11) is 0. The lowest BCUT2D eigenvalue weighted by molar-refractivity contribution is 0.0885. The van der Waals surface area contributed by atoms with Gasteiger partial charge in [0.25, 0.3) is 5.91 Å². The van der Waals surface area contributed by atoms with E-state index in [0.29, 0.717) is 22.3 Å². The highest BCUT2D eigenvalue weighted by molar-refractivity contribution is 6.30. The minimum atomic E-state index is -0.311. The topological polar surface area (TPSA) is 79.9 Å². The number of carbonyl (C=O) groups excluding carboxylic acids is 1. The van der Waals surface area contributed by atoms with Crippen molar-refractivity contribution in [3.05, 3.63) is 65.2 Å². The number of nitrogens with one attached hydrogen (secondary N) is 2. The van der Waals surface area contributed by atoms with Crippen LogP contribution in [0.4, 0.5) is 4.39 Å². The van der Waals surface area contributed by atoms with Crippen LogP contribution >= 0.6 is 11.6 Å². The number of pyridine rings is 1. The molecule has 0 unspecified atom stereocenters. The highest BCUT2D eigenvalue weighted by Crippen LogP contribution is 2.24. The van der Waals surface area contributed by atoms with E-state index in [0.717, 1.165) is 31.2 Å². The van der Waals surface area contributed by atoms with E-state index in [9.17, 15) is 9.18 Å². The van der Waals surface area contributed by atoms with Crippen molar-refractivity contribution in [2.45, 2.75) is 37.8 Å². The summed E-state index contributed by atoms with van der Waals surface area (Å²) in [6.45, 7) is 0. The van der Waals surface area contributed by atoms with Gasteiger partial charge in [0.15, 0.2) is 0 Å². The Hall–Kier alpha value is -2.93. The number of aromatic amines is 1. The lowest BCUT2D eigenvalue weighted by Gasteiger charge is -2.29. The second kappa shape index (κ2) is 8.61. The Labute approximate surface area is 172 Å². The van der Waals surface area contributed by atoms with Crippen molar-refractivity contribution >= 4 is 17.5 Å². The van der Waals surface area contributed by atoms with E-state index in [1.165, 1.54) is 12.1 Å². The zero-order valence-corrected chi connectivity index (χ0v) is 16.3. The van der Waals surface area contributed by atoms with Crippen molar-refractivity contribution in [3.63, 3.8) is 0 Å². The predicted molar refractivity (Wildman–Crippen MR) is 107 cm³/mol. The number of H-pyrrole nitrogens is 1. The van der Waals surface area contributed by atoms with Crippen LogP contribution < -0.4 is 10.1 Å². The molecule has 1 aromatic carbocycles. The molecule has 0 bridgehead atoms. The van der Waals surface area contributed by atoms with E-state index in [1.54, 1.807) is 36.5 Å². The maximum absolute atomic E-state index is 13.1. The number of hydrogen-bond acceptors (Lipinski definition) is 4. The van der Waals surface area contributed by atoms with Gasteiger partial charge in [-0.1, -0.05) is 11.6 Å². The molecule has 0 aliphatic heterocycles. The fraction of sp³-hybridized carbons (Fsp3) is 0.286. The summed E-state index contributed by atoms with van der Waals surface area (Å²) in [6, 6.07) is 11.2. The minimum absolute atomic E-state index is 0.0778. The van der Waals surface area contributed by atoms with E-state index >= 15 is 0 Å². The molecule has 3 aromatic rings. The number of aromatic nitrogens is 3. The van der Waals surface area contributed by atoms with Crippen molar-refractivity contribution < 1.29 is 13.9 Å². The Bertz CT molecular complexity index is 967. The molecular formula is C21H20ClFN4O2. The monoisotopic (exact) mass is 414 g/mol. The van der Waals surface area contributed by atoms with Crippen molar-refractivity contribution in [1.29, 1.82) is 0 Å². The summed E-state index contributed by atoms with van der Waals surface area (Å²) in [4.78, 5) is 16.7. The maximum Gasteiger partial charge on any atom is 0.269 e. The first-order valence-corrected chi connectivity index (χ1v) is 9.85. The summed E-state index contributed by atoms with van der Waals surface area (Å²) in [6.07, 6.45) is 4.95. The Morgan fingerprint density at radius 3 is 2.59 bits per heavy atom. The van der Waals surface area contributed by atoms with E-state index < -0.39 is 0 Å². The third-order valence-corrected chi connectivity index (χ3v) is 5.18. The van der Waals surface area contributed by atoms with Gasteiger partial charge in [-0.15, -0.1) is 0 Å². The normalized spacial score (nSPS) is 19.0. The second-order valence-corrected chi connectivity index (χ2v) is 7.49. The lowest BCUT2D eigenvalue weighted by Crippen LogP contribution is -2.39. The Balaban J connectivity index is 1.28. The first-order chi connectivity index (χ1) is 14.1. The van der Waals surface area contributed by atoms with Crippen LogP contribution in [0.15, 0.2) is 48.7 Å². The molecule has 0 radical (unpaired) electrons. The first-order valence-electron chi connectivity index (χ1n) is 9.47. The second-order valence-electron chi connectivity index (χ2n) is 7.05. The molecule has 0 spiro atoms. The molecule has 1 aliphatic rings. The van der Waals surface area contributed by atoms with Crippen molar-refractivity contribution in [3.8, 4) is 17.1 Å². The fourth-order valence-corrected chi connectivity index (χ4v) is 3.51. The summed E-state index contributed by atoms with van der Waals surface area (Å²) in [5, 5.41) is 10.5. The van der Waals surface area contributed by atoms with Gasteiger partial charge in [-0.05, 0) is 62.1 Å². The third-order valence-electron chi connectivity index (χ3n) is 4.96. The van der Waals surface area contributed by atoms with Crippen molar-refractivity contribution in [1.82, 2.24) is 20.5 Å².